The summed E-state index contributed by atoms with van der Waals surface area (Å²) in [6, 6.07) is 11.0. The molecule has 0 radical (unpaired) electrons. The maximum Gasteiger partial charge on any atom is 0.323 e. The number of aromatic nitrogens is 2. The number of ether oxygens (including phenoxy) is 1. The highest BCUT2D eigenvalue weighted by atomic mass is 16.5. The number of para-hydroxylation sites is 1. The van der Waals surface area contributed by atoms with Gasteiger partial charge in [-0.05, 0) is 43.2 Å². The fraction of sp³-hybridized carbons (Fsp3) is 0.176. The fourth-order valence-corrected chi connectivity index (χ4v) is 2.47. The number of benzene rings is 2. The molecule has 0 spiro atoms. The van der Waals surface area contributed by atoms with Crippen molar-refractivity contribution in [1.82, 2.24) is 9.97 Å². The van der Waals surface area contributed by atoms with Gasteiger partial charge in [-0.1, -0.05) is 18.2 Å². The number of carbonyl (C=O) groups excluding carboxylic acids is 1. The van der Waals surface area contributed by atoms with E-state index < -0.39 is 0 Å². The Morgan fingerprint density at radius 1 is 1.09 bits per heavy atom. The topological polar surface area (TPSA) is 87.0 Å². The summed E-state index contributed by atoms with van der Waals surface area (Å²) in [4.78, 5) is 28.6. The first-order valence-corrected chi connectivity index (χ1v) is 7.24. The minimum Gasteiger partial charge on any atom is -0.483 e. The van der Waals surface area contributed by atoms with Gasteiger partial charge in [0.05, 0.1) is 11.0 Å². The number of aromatic amines is 2. The zero-order chi connectivity index (χ0) is 16.4. The molecule has 6 nitrogen and oxygen atoms in total. The first-order valence-electron chi connectivity index (χ1n) is 7.24. The number of H-pyrrole nitrogens is 2. The second kappa shape index (κ2) is 6.00. The van der Waals surface area contributed by atoms with Crippen LogP contribution < -0.4 is 15.7 Å². The number of rotatable bonds is 4. The van der Waals surface area contributed by atoms with Crippen LogP contribution >= 0.6 is 0 Å². The van der Waals surface area contributed by atoms with Gasteiger partial charge in [-0.3, -0.25) is 4.79 Å². The van der Waals surface area contributed by atoms with Crippen LogP contribution in [0.2, 0.25) is 0 Å². The van der Waals surface area contributed by atoms with Gasteiger partial charge < -0.3 is 20.0 Å². The molecule has 0 aliphatic rings. The third-order valence-corrected chi connectivity index (χ3v) is 3.56. The monoisotopic (exact) mass is 311 g/mol. The van der Waals surface area contributed by atoms with Gasteiger partial charge in [0, 0.05) is 5.69 Å². The molecule has 1 amide bonds. The van der Waals surface area contributed by atoms with Gasteiger partial charge in [-0.15, -0.1) is 0 Å². The van der Waals surface area contributed by atoms with E-state index >= 15 is 0 Å². The summed E-state index contributed by atoms with van der Waals surface area (Å²) < 4.78 is 5.62. The van der Waals surface area contributed by atoms with Gasteiger partial charge in [0.2, 0.25) is 0 Å². The first kappa shape index (κ1) is 14.9. The third kappa shape index (κ3) is 3.26. The van der Waals surface area contributed by atoms with Gasteiger partial charge in [-0.2, -0.15) is 0 Å². The lowest BCUT2D eigenvalue weighted by atomic mass is 10.1. The van der Waals surface area contributed by atoms with E-state index in [4.69, 9.17) is 4.74 Å². The molecule has 3 aromatic rings. The lowest BCUT2D eigenvalue weighted by molar-refractivity contribution is -0.118. The van der Waals surface area contributed by atoms with Crippen LogP contribution in [-0.4, -0.2) is 22.5 Å². The fourth-order valence-electron chi connectivity index (χ4n) is 2.47. The predicted molar refractivity (Wildman–Crippen MR) is 89.0 cm³/mol. The van der Waals surface area contributed by atoms with Gasteiger partial charge in [0.25, 0.3) is 5.91 Å². The largest absolute Gasteiger partial charge is 0.483 e. The van der Waals surface area contributed by atoms with Crippen LogP contribution in [-0.2, 0) is 4.79 Å². The van der Waals surface area contributed by atoms with E-state index in [9.17, 15) is 9.59 Å². The molecule has 0 atom stereocenters. The maximum atomic E-state index is 12.0. The summed E-state index contributed by atoms with van der Waals surface area (Å²) in [6.07, 6.45) is 0. The van der Waals surface area contributed by atoms with Gasteiger partial charge in [-0.25, -0.2) is 4.79 Å². The van der Waals surface area contributed by atoms with Crippen molar-refractivity contribution in [2.45, 2.75) is 13.8 Å². The molecule has 0 aliphatic heterocycles. The molecule has 3 rings (SSSR count). The molecule has 118 valence electrons. The Balaban J connectivity index is 1.67. The summed E-state index contributed by atoms with van der Waals surface area (Å²) in [5.41, 5.74) is 3.64. The number of anilines is 1. The molecule has 0 fully saturated rings. The molecule has 3 N–H and O–H groups in total. The number of fused-ring (bicyclic) bond motifs is 1. The average molecular weight is 311 g/mol. The first-order chi connectivity index (χ1) is 11.0. The van der Waals surface area contributed by atoms with Crippen LogP contribution in [0.15, 0.2) is 41.2 Å². The number of nitrogens with one attached hydrogen (secondary N) is 3. The van der Waals surface area contributed by atoms with Crippen molar-refractivity contribution >= 4 is 22.6 Å². The molecule has 0 saturated heterocycles. The molecular formula is C17H17N3O3. The SMILES string of the molecule is Cc1cccc(C)c1OCC(=O)Nc1ccc2[nH]c(=O)[nH]c2c1. The summed E-state index contributed by atoms with van der Waals surface area (Å²) in [7, 11) is 0. The van der Waals surface area contributed by atoms with Gasteiger partial charge in [0.15, 0.2) is 6.61 Å². The Kier molecular flexibility index (Phi) is 3.89. The standard InChI is InChI=1S/C17H17N3O3/c1-10-4-3-5-11(2)16(10)23-9-15(21)18-12-6-7-13-14(8-12)20-17(22)19-13/h3-8H,9H2,1-2H3,(H,18,21)(H2,19,20,22). The number of amides is 1. The minimum absolute atomic E-state index is 0.0760. The van der Waals surface area contributed by atoms with E-state index in [0.29, 0.717) is 16.7 Å². The smallest absolute Gasteiger partial charge is 0.323 e. The minimum atomic E-state index is -0.276. The molecule has 0 unspecified atom stereocenters. The Labute approximate surface area is 132 Å². The van der Waals surface area contributed by atoms with Crippen molar-refractivity contribution in [3.8, 4) is 5.75 Å². The molecule has 0 saturated carbocycles. The molecule has 1 aromatic heterocycles. The summed E-state index contributed by atoms with van der Waals surface area (Å²) in [5, 5.41) is 2.75. The molecular weight excluding hydrogens is 294 g/mol. The van der Waals surface area contributed by atoms with E-state index in [1.54, 1.807) is 18.2 Å². The molecule has 0 bridgehead atoms. The van der Waals surface area contributed by atoms with Crippen LogP contribution in [0, 0.1) is 13.8 Å². The Bertz CT molecular complexity index is 904. The van der Waals surface area contributed by atoms with E-state index in [2.05, 4.69) is 15.3 Å². The number of hydrogen-bond donors (Lipinski definition) is 3. The number of aryl methyl sites for hydroxylation is 2. The quantitative estimate of drug-likeness (QED) is 0.692. The second-order valence-corrected chi connectivity index (χ2v) is 5.40. The second-order valence-electron chi connectivity index (χ2n) is 5.40. The molecule has 2 aromatic carbocycles. The number of hydrogen-bond acceptors (Lipinski definition) is 3. The van der Waals surface area contributed by atoms with Crippen LogP contribution in [0.4, 0.5) is 5.69 Å². The van der Waals surface area contributed by atoms with Crippen molar-refractivity contribution in [1.29, 1.82) is 0 Å². The van der Waals surface area contributed by atoms with Gasteiger partial charge >= 0.3 is 5.69 Å². The lowest BCUT2D eigenvalue weighted by Gasteiger charge is -2.12. The summed E-state index contributed by atoms with van der Waals surface area (Å²) in [5.74, 6) is 0.470. The zero-order valence-electron chi connectivity index (χ0n) is 12.9. The van der Waals surface area contributed by atoms with E-state index in [1.165, 1.54) is 0 Å². The van der Waals surface area contributed by atoms with Crippen LogP contribution in [0.5, 0.6) is 5.75 Å². The highest BCUT2D eigenvalue weighted by Gasteiger charge is 2.08. The number of imidazole rings is 1. The van der Waals surface area contributed by atoms with Crippen LogP contribution in [0.3, 0.4) is 0 Å². The van der Waals surface area contributed by atoms with E-state index in [0.717, 1.165) is 16.9 Å². The molecule has 0 aliphatic carbocycles. The van der Waals surface area contributed by atoms with E-state index in [-0.39, 0.29) is 18.2 Å². The van der Waals surface area contributed by atoms with E-state index in [1.807, 2.05) is 32.0 Å². The van der Waals surface area contributed by atoms with Crippen molar-refractivity contribution in [3.05, 3.63) is 58.0 Å². The Morgan fingerprint density at radius 2 is 1.78 bits per heavy atom. The van der Waals surface area contributed by atoms with Gasteiger partial charge in [0.1, 0.15) is 5.75 Å². The molecule has 23 heavy (non-hydrogen) atoms. The third-order valence-electron chi connectivity index (χ3n) is 3.56. The Morgan fingerprint density at radius 3 is 2.52 bits per heavy atom. The highest BCUT2D eigenvalue weighted by molar-refractivity contribution is 5.93. The van der Waals surface area contributed by atoms with Crippen molar-refractivity contribution in [2.75, 3.05) is 11.9 Å². The number of carbonyl (C=O) groups is 1. The zero-order valence-corrected chi connectivity index (χ0v) is 12.9. The molecule has 6 heteroatoms. The van der Waals surface area contributed by atoms with Crippen LogP contribution in [0.25, 0.3) is 11.0 Å². The normalized spacial score (nSPS) is 10.7. The van der Waals surface area contributed by atoms with Crippen LogP contribution in [0.1, 0.15) is 11.1 Å². The lowest BCUT2D eigenvalue weighted by Crippen LogP contribution is -2.20. The van der Waals surface area contributed by atoms with Crippen molar-refractivity contribution < 1.29 is 9.53 Å². The average Bonchev–Trinajstić information content (AvgIpc) is 2.86. The summed E-state index contributed by atoms with van der Waals surface area (Å²) in [6.45, 7) is 3.81. The Hall–Kier alpha value is -3.02. The van der Waals surface area contributed by atoms with Crippen molar-refractivity contribution in [2.24, 2.45) is 0 Å². The molecule has 1 heterocycles. The predicted octanol–water partition coefficient (Wildman–Crippen LogP) is 2.49. The maximum absolute atomic E-state index is 12.0. The summed E-state index contributed by atoms with van der Waals surface area (Å²) >= 11 is 0. The van der Waals surface area contributed by atoms with Crippen molar-refractivity contribution in [3.63, 3.8) is 0 Å². The highest BCUT2D eigenvalue weighted by Crippen LogP contribution is 2.22.